The van der Waals surface area contributed by atoms with E-state index in [0.29, 0.717) is 5.92 Å². The fraction of sp³-hybridized carbons (Fsp3) is 0.625. The molecule has 1 aromatic rings. The van der Waals surface area contributed by atoms with E-state index in [4.69, 9.17) is 4.74 Å². The van der Waals surface area contributed by atoms with E-state index >= 15 is 0 Å². The maximum absolute atomic E-state index is 5.47. The lowest BCUT2D eigenvalue weighted by molar-refractivity contribution is 0.407. The van der Waals surface area contributed by atoms with Crippen LogP contribution in [0.5, 0.6) is 5.75 Å². The number of anilines is 1. The summed E-state index contributed by atoms with van der Waals surface area (Å²) in [5.41, 5.74) is 3.73. The van der Waals surface area contributed by atoms with Crippen LogP contribution in [0.2, 0.25) is 0 Å². The Labute approximate surface area is 117 Å². The number of methoxy groups -OCH3 is 1. The maximum Gasteiger partial charge on any atom is 0.122 e. The molecule has 0 radical (unpaired) electrons. The average molecular weight is 264 g/mol. The van der Waals surface area contributed by atoms with Crippen LogP contribution in [-0.4, -0.2) is 26.2 Å². The molecule has 0 bridgehead atoms. The molecule has 0 fully saturated rings. The smallest absolute Gasteiger partial charge is 0.122 e. The molecule has 0 heterocycles. The number of hydrogen-bond donors (Lipinski definition) is 2. The van der Waals surface area contributed by atoms with E-state index in [-0.39, 0.29) is 5.54 Å². The van der Waals surface area contributed by atoms with Gasteiger partial charge in [-0.3, -0.25) is 0 Å². The largest absolute Gasteiger partial charge is 0.496 e. The zero-order valence-electron chi connectivity index (χ0n) is 13.3. The highest BCUT2D eigenvalue weighted by atomic mass is 16.5. The Hall–Kier alpha value is -1.22. The van der Waals surface area contributed by atoms with Gasteiger partial charge in [-0.2, -0.15) is 0 Å². The summed E-state index contributed by atoms with van der Waals surface area (Å²) in [4.78, 5) is 0. The van der Waals surface area contributed by atoms with Crippen LogP contribution in [0, 0.1) is 6.92 Å². The summed E-state index contributed by atoms with van der Waals surface area (Å²) in [7, 11) is 3.72. The fourth-order valence-corrected chi connectivity index (χ4v) is 1.92. The minimum atomic E-state index is 0.0738. The van der Waals surface area contributed by atoms with Crippen molar-refractivity contribution < 1.29 is 4.74 Å². The molecule has 0 unspecified atom stereocenters. The van der Waals surface area contributed by atoms with Crippen LogP contribution in [0.4, 0.5) is 5.69 Å². The topological polar surface area (TPSA) is 33.3 Å². The predicted octanol–water partition coefficient (Wildman–Crippen LogP) is 3.54. The third kappa shape index (κ3) is 4.13. The Morgan fingerprint density at radius 2 is 1.89 bits per heavy atom. The Bertz CT molecular complexity index is 425. The van der Waals surface area contributed by atoms with Crippen molar-refractivity contribution in [1.29, 1.82) is 0 Å². The molecular formula is C16H28N2O. The van der Waals surface area contributed by atoms with Crippen molar-refractivity contribution in [3.05, 3.63) is 23.3 Å². The van der Waals surface area contributed by atoms with E-state index in [1.165, 1.54) is 16.8 Å². The van der Waals surface area contributed by atoms with Crippen LogP contribution in [0.1, 0.15) is 44.7 Å². The van der Waals surface area contributed by atoms with Gasteiger partial charge in [0, 0.05) is 17.8 Å². The summed E-state index contributed by atoms with van der Waals surface area (Å²) in [6, 6.07) is 4.33. The molecule has 0 saturated carbocycles. The van der Waals surface area contributed by atoms with Crippen LogP contribution in [0.25, 0.3) is 0 Å². The highest BCUT2D eigenvalue weighted by Crippen LogP contribution is 2.32. The van der Waals surface area contributed by atoms with Crippen molar-refractivity contribution in [2.45, 2.75) is 46.1 Å². The molecule has 2 N–H and O–H groups in total. The average Bonchev–Trinajstić information content (AvgIpc) is 2.36. The Balaban J connectivity index is 2.99. The third-order valence-corrected chi connectivity index (χ3v) is 3.60. The fourth-order valence-electron chi connectivity index (χ4n) is 1.92. The summed E-state index contributed by atoms with van der Waals surface area (Å²) in [5.74, 6) is 1.43. The van der Waals surface area contributed by atoms with E-state index < -0.39 is 0 Å². The molecule has 0 atom stereocenters. The molecule has 0 aliphatic rings. The summed E-state index contributed by atoms with van der Waals surface area (Å²) in [5, 5.41) is 6.84. The summed E-state index contributed by atoms with van der Waals surface area (Å²) >= 11 is 0. The van der Waals surface area contributed by atoms with Gasteiger partial charge in [-0.15, -0.1) is 0 Å². The first-order valence-electron chi connectivity index (χ1n) is 6.92. The lowest BCUT2D eigenvalue weighted by atomic mass is 9.98. The number of benzene rings is 1. The number of rotatable bonds is 6. The number of ether oxygens (including phenoxy) is 1. The van der Waals surface area contributed by atoms with Crippen LogP contribution in [0.15, 0.2) is 12.1 Å². The molecule has 1 rings (SSSR count). The molecule has 3 nitrogen and oxygen atoms in total. The minimum absolute atomic E-state index is 0.0738. The van der Waals surface area contributed by atoms with Crippen molar-refractivity contribution in [3.8, 4) is 5.75 Å². The molecule has 0 aromatic heterocycles. The number of nitrogens with one attached hydrogen (secondary N) is 2. The first-order chi connectivity index (χ1) is 8.80. The zero-order valence-corrected chi connectivity index (χ0v) is 13.3. The molecule has 0 amide bonds. The molecule has 0 saturated heterocycles. The SMILES string of the molecule is CNC(C)(C)CNc1cc(C(C)C)c(OC)cc1C. The van der Waals surface area contributed by atoms with Gasteiger partial charge in [-0.25, -0.2) is 0 Å². The summed E-state index contributed by atoms with van der Waals surface area (Å²) in [6.07, 6.45) is 0. The second-order valence-corrected chi connectivity index (χ2v) is 6.05. The van der Waals surface area contributed by atoms with Gasteiger partial charge in [0.25, 0.3) is 0 Å². The third-order valence-electron chi connectivity index (χ3n) is 3.60. The molecule has 108 valence electrons. The normalized spacial score (nSPS) is 11.8. The molecular weight excluding hydrogens is 236 g/mol. The zero-order chi connectivity index (χ0) is 14.6. The van der Waals surface area contributed by atoms with E-state index in [1.54, 1.807) is 7.11 Å². The van der Waals surface area contributed by atoms with Gasteiger partial charge in [0.05, 0.1) is 7.11 Å². The second-order valence-electron chi connectivity index (χ2n) is 6.05. The molecule has 0 aliphatic carbocycles. The van der Waals surface area contributed by atoms with Gasteiger partial charge in [0.1, 0.15) is 5.75 Å². The molecule has 19 heavy (non-hydrogen) atoms. The van der Waals surface area contributed by atoms with Crippen LogP contribution < -0.4 is 15.4 Å². The van der Waals surface area contributed by atoms with Crippen molar-refractivity contribution in [2.75, 3.05) is 26.0 Å². The molecule has 0 spiro atoms. The van der Waals surface area contributed by atoms with Crippen LogP contribution in [0.3, 0.4) is 0 Å². The van der Waals surface area contributed by atoms with E-state index in [2.05, 4.69) is 57.4 Å². The van der Waals surface area contributed by atoms with Crippen molar-refractivity contribution >= 4 is 5.69 Å². The van der Waals surface area contributed by atoms with Crippen LogP contribution >= 0.6 is 0 Å². The van der Waals surface area contributed by atoms with E-state index in [0.717, 1.165) is 12.3 Å². The lowest BCUT2D eigenvalue weighted by Gasteiger charge is -2.26. The van der Waals surface area contributed by atoms with Gasteiger partial charge in [-0.1, -0.05) is 13.8 Å². The highest BCUT2D eigenvalue weighted by Gasteiger charge is 2.16. The van der Waals surface area contributed by atoms with Crippen molar-refractivity contribution in [3.63, 3.8) is 0 Å². The van der Waals surface area contributed by atoms with Gasteiger partial charge in [0.2, 0.25) is 0 Å². The maximum atomic E-state index is 5.47. The second kappa shape index (κ2) is 6.29. The number of likely N-dealkylation sites (N-methyl/N-ethyl adjacent to an activating group) is 1. The van der Waals surface area contributed by atoms with Crippen molar-refractivity contribution in [1.82, 2.24) is 5.32 Å². The summed E-state index contributed by atoms with van der Waals surface area (Å²) in [6.45, 7) is 11.7. The minimum Gasteiger partial charge on any atom is -0.496 e. The van der Waals surface area contributed by atoms with Crippen LogP contribution in [-0.2, 0) is 0 Å². The standard InChI is InChI=1S/C16H28N2O/c1-11(2)13-9-14(12(3)8-15(13)19-7)18-10-16(4,5)17-6/h8-9,11,17-18H,10H2,1-7H3. The van der Waals surface area contributed by atoms with E-state index in [9.17, 15) is 0 Å². The highest BCUT2D eigenvalue weighted by molar-refractivity contribution is 5.58. The Morgan fingerprint density at radius 1 is 1.26 bits per heavy atom. The monoisotopic (exact) mass is 264 g/mol. The first-order valence-corrected chi connectivity index (χ1v) is 6.92. The number of aryl methyl sites for hydroxylation is 1. The quantitative estimate of drug-likeness (QED) is 0.824. The molecule has 0 aliphatic heterocycles. The lowest BCUT2D eigenvalue weighted by Crippen LogP contribution is -2.42. The van der Waals surface area contributed by atoms with Gasteiger partial charge < -0.3 is 15.4 Å². The van der Waals surface area contributed by atoms with Gasteiger partial charge >= 0.3 is 0 Å². The predicted molar refractivity (Wildman–Crippen MR) is 83.4 cm³/mol. The van der Waals surface area contributed by atoms with Gasteiger partial charge in [0.15, 0.2) is 0 Å². The molecule has 1 aromatic carbocycles. The summed E-state index contributed by atoms with van der Waals surface area (Å²) < 4.78 is 5.47. The van der Waals surface area contributed by atoms with Crippen molar-refractivity contribution in [2.24, 2.45) is 0 Å². The Morgan fingerprint density at radius 3 is 2.37 bits per heavy atom. The van der Waals surface area contributed by atoms with E-state index in [1.807, 2.05) is 7.05 Å². The first kappa shape index (κ1) is 15.8. The number of hydrogen-bond acceptors (Lipinski definition) is 3. The Kier molecular flexibility index (Phi) is 5.24. The molecule has 3 heteroatoms. The van der Waals surface area contributed by atoms with Gasteiger partial charge in [-0.05, 0) is 57.0 Å².